The third-order valence-electron chi connectivity index (χ3n) is 0. The number of hydrogen-bond donors (Lipinski definition) is 2. The average Bonchev–Trinajstić information content (AvgIpc) is 1.39. The van der Waals surface area contributed by atoms with E-state index in [0.717, 1.165) is 0 Å². The van der Waals surface area contributed by atoms with E-state index >= 15 is 0 Å². The van der Waals surface area contributed by atoms with Crippen molar-refractivity contribution in [2.24, 2.45) is 16.1 Å². The summed E-state index contributed by atoms with van der Waals surface area (Å²) in [6.07, 6.45) is 0. The Kier molecular flexibility index (Phi) is 49.8. The molecule has 0 aliphatic carbocycles. The Morgan fingerprint density at radius 3 is 1.83 bits per heavy atom. The molecule has 0 radical (unpaired) electrons. The molecule has 0 aromatic rings. The van der Waals surface area contributed by atoms with Gasteiger partial charge in [-0.05, 0) is 0 Å². The van der Waals surface area contributed by atoms with Crippen molar-refractivity contribution in [2.45, 2.75) is 0 Å². The molecule has 0 heterocycles. The lowest BCUT2D eigenvalue weighted by Gasteiger charge is -1.44. The van der Waals surface area contributed by atoms with E-state index in [1.165, 1.54) is 7.05 Å². The summed E-state index contributed by atoms with van der Waals surface area (Å²) in [5.74, 6) is 4.36. The Labute approximate surface area is 36.6 Å². The molecular formula is C2H9N4+. The van der Waals surface area contributed by atoms with Gasteiger partial charge in [0.2, 0.25) is 0 Å². The summed E-state index contributed by atoms with van der Waals surface area (Å²) in [6.45, 7) is 2.89. The van der Waals surface area contributed by atoms with Gasteiger partial charge >= 0.3 is 0 Å². The van der Waals surface area contributed by atoms with Crippen LogP contribution in [0.25, 0.3) is 0 Å². The minimum Gasteiger partial charge on any atom is -0.324 e. The number of hydrazone groups is 1. The Balaban J connectivity index is 0. The fourth-order valence-corrected chi connectivity index (χ4v) is 0. The van der Waals surface area contributed by atoms with Crippen LogP contribution < -0.4 is 11.4 Å². The molecule has 36 valence electrons. The highest BCUT2D eigenvalue weighted by Gasteiger charge is 1.21. The molecule has 0 aromatic heterocycles. The Hall–Kier alpha value is -0.930. The molecule has 0 fully saturated rings. The maximum Gasteiger partial charge on any atom is 0.0903 e. The number of nitrogens with two attached hydrogens (primary N) is 2. The smallest absolute Gasteiger partial charge is 0.0903 e. The summed E-state index contributed by atoms with van der Waals surface area (Å²) < 4.78 is 0. The SMILES string of the molecule is C=NN.CN=[NH2+]. The maximum absolute atomic E-state index is 4.47. The normalized spacial score (nSPS) is 4.17. The molecule has 0 amide bonds. The van der Waals surface area contributed by atoms with Crippen molar-refractivity contribution in [3.05, 3.63) is 0 Å². The zero-order chi connectivity index (χ0) is 5.41. The molecular weight excluding hydrogens is 80.1 g/mol. The van der Waals surface area contributed by atoms with Crippen LogP contribution in [0.4, 0.5) is 0 Å². The molecule has 4 nitrogen and oxygen atoms in total. The zero-order valence-electron chi connectivity index (χ0n) is 3.76. The lowest BCUT2D eigenvalue weighted by molar-refractivity contribution is -0.216. The molecule has 0 spiro atoms. The van der Waals surface area contributed by atoms with Crippen LogP contribution in [0.5, 0.6) is 0 Å². The Morgan fingerprint density at radius 1 is 1.83 bits per heavy atom. The fraction of sp³-hybridized carbons (Fsp3) is 0.500. The van der Waals surface area contributed by atoms with Crippen LogP contribution in [-0.2, 0) is 0 Å². The minimum absolute atomic E-state index is 1.53. The molecule has 6 heavy (non-hydrogen) atoms. The summed E-state index contributed by atoms with van der Waals surface area (Å²) in [5.41, 5.74) is 4.47. The molecule has 4 heteroatoms. The lowest BCUT2D eigenvalue weighted by Crippen LogP contribution is -2.21. The van der Waals surface area contributed by atoms with Crippen LogP contribution in [0.15, 0.2) is 10.2 Å². The molecule has 0 bridgehead atoms. The predicted molar refractivity (Wildman–Crippen MR) is 24.0 cm³/mol. The predicted octanol–water partition coefficient (Wildman–Crippen LogP) is -1.61. The van der Waals surface area contributed by atoms with Crippen LogP contribution in [0, 0.1) is 0 Å². The number of rotatable bonds is 0. The second-order valence-electron chi connectivity index (χ2n) is 0.441. The molecule has 0 rings (SSSR count). The first-order chi connectivity index (χ1) is 2.83. The largest absolute Gasteiger partial charge is 0.324 e. The zero-order valence-corrected chi connectivity index (χ0v) is 3.76. The van der Waals surface area contributed by atoms with Gasteiger partial charge in [-0.2, -0.15) is 10.6 Å². The van der Waals surface area contributed by atoms with Crippen molar-refractivity contribution < 1.29 is 5.53 Å². The van der Waals surface area contributed by atoms with E-state index in [1.807, 2.05) is 0 Å². The van der Waals surface area contributed by atoms with Crippen LogP contribution >= 0.6 is 0 Å². The summed E-state index contributed by atoms with van der Waals surface area (Å²) >= 11 is 0. The van der Waals surface area contributed by atoms with Crippen LogP contribution in [-0.4, -0.2) is 13.8 Å². The van der Waals surface area contributed by atoms with Gasteiger partial charge in [0, 0.05) is 6.72 Å². The highest BCUT2D eigenvalue weighted by molar-refractivity contribution is 5.21. The molecule has 0 unspecified atom stereocenters. The van der Waals surface area contributed by atoms with Gasteiger partial charge in [0.1, 0.15) is 0 Å². The van der Waals surface area contributed by atoms with Crippen molar-refractivity contribution in [3.8, 4) is 0 Å². The summed E-state index contributed by atoms with van der Waals surface area (Å²) in [4.78, 5) is 0. The van der Waals surface area contributed by atoms with Crippen LogP contribution in [0.2, 0.25) is 0 Å². The molecule has 4 N–H and O–H groups in total. The van der Waals surface area contributed by atoms with Crippen LogP contribution in [0.1, 0.15) is 0 Å². The van der Waals surface area contributed by atoms with Crippen molar-refractivity contribution >= 4 is 6.72 Å². The Bertz CT molecular complexity index is 26.5. The standard InChI is InChI=1S/2CH4N2/c2*1-3-2/h2H,1H3;1-2H2/p+1. The molecule has 0 aliphatic heterocycles. The summed E-state index contributed by atoms with van der Waals surface area (Å²) in [7, 11) is 1.53. The maximum atomic E-state index is 4.47. The van der Waals surface area contributed by atoms with E-state index in [1.54, 1.807) is 0 Å². The third kappa shape index (κ3) is 15.2. The van der Waals surface area contributed by atoms with Gasteiger partial charge in [-0.15, -0.1) is 0 Å². The van der Waals surface area contributed by atoms with Gasteiger partial charge in [0.15, 0.2) is 0 Å². The fourth-order valence-electron chi connectivity index (χ4n) is 0. The van der Waals surface area contributed by atoms with Gasteiger partial charge < -0.3 is 5.84 Å². The van der Waals surface area contributed by atoms with E-state index in [9.17, 15) is 0 Å². The number of nitrogens with zero attached hydrogens (tertiary/aromatic N) is 2. The Morgan fingerprint density at radius 2 is 1.83 bits per heavy atom. The molecule has 0 saturated heterocycles. The highest BCUT2D eigenvalue weighted by atomic mass is 15.1. The first-order valence-electron chi connectivity index (χ1n) is 1.28. The molecule has 0 aliphatic rings. The molecule has 0 aromatic carbocycles. The van der Waals surface area contributed by atoms with Gasteiger partial charge in [-0.25, -0.2) is 0 Å². The molecule has 0 saturated carbocycles. The van der Waals surface area contributed by atoms with Crippen LogP contribution in [0.3, 0.4) is 0 Å². The van der Waals surface area contributed by atoms with Gasteiger partial charge in [0.25, 0.3) is 0 Å². The van der Waals surface area contributed by atoms with Crippen molar-refractivity contribution in [1.82, 2.24) is 0 Å². The van der Waals surface area contributed by atoms with E-state index in [-0.39, 0.29) is 0 Å². The third-order valence-corrected chi connectivity index (χ3v) is 0. The first-order valence-corrected chi connectivity index (χ1v) is 1.28. The molecule has 0 atom stereocenters. The minimum atomic E-state index is 1.53. The van der Waals surface area contributed by atoms with E-state index in [2.05, 4.69) is 28.3 Å². The second kappa shape index (κ2) is 33.5. The topological polar surface area (TPSA) is 76.3 Å². The first kappa shape index (κ1) is 8.91. The van der Waals surface area contributed by atoms with Crippen molar-refractivity contribution in [1.29, 1.82) is 0 Å². The van der Waals surface area contributed by atoms with E-state index < -0.39 is 0 Å². The quantitative estimate of drug-likeness (QED) is 0.159. The monoisotopic (exact) mass is 89.1 g/mol. The van der Waals surface area contributed by atoms with Crippen molar-refractivity contribution in [2.75, 3.05) is 7.05 Å². The van der Waals surface area contributed by atoms with Crippen molar-refractivity contribution in [3.63, 3.8) is 0 Å². The van der Waals surface area contributed by atoms with Gasteiger partial charge in [-0.3, -0.25) is 0 Å². The van der Waals surface area contributed by atoms with E-state index in [4.69, 9.17) is 0 Å². The van der Waals surface area contributed by atoms with E-state index in [0.29, 0.717) is 0 Å². The van der Waals surface area contributed by atoms with Gasteiger partial charge in [-0.1, -0.05) is 5.11 Å². The highest BCUT2D eigenvalue weighted by Crippen LogP contribution is 1.11. The number of hydrogen-bond acceptors (Lipinski definition) is 3. The van der Waals surface area contributed by atoms with Gasteiger partial charge in [0.05, 0.1) is 7.05 Å². The average molecular weight is 89.1 g/mol. The summed E-state index contributed by atoms with van der Waals surface area (Å²) in [6, 6.07) is 0. The lowest BCUT2D eigenvalue weighted by atomic mass is 11.6. The summed E-state index contributed by atoms with van der Waals surface area (Å²) in [5, 5.41) is 5.75. The second-order valence-corrected chi connectivity index (χ2v) is 0.441.